The van der Waals surface area contributed by atoms with E-state index in [1.807, 2.05) is 11.4 Å². The number of furan rings is 1. The number of nitrogens with one attached hydrogen (secondary N) is 2. The zero-order valence-corrected chi connectivity index (χ0v) is 12.6. The first kappa shape index (κ1) is 14.3. The molecule has 1 aliphatic heterocycles. The number of hydrogen-bond donors (Lipinski definition) is 2. The molecule has 1 fully saturated rings. The molecule has 1 atom stereocenters. The van der Waals surface area contributed by atoms with Crippen LogP contribution >= 0.6 is 11.3 Å². The van der Waals surface area contributed by atoms with Crippen molar-refractivity contribution in [1.82, 2.24) is 15.6 Å². The summed E-state index contributed by atoms with van der Waals surface area (Å²) in [6, 6.07) is 1.87. The molecular weight excluding hydrogens is 286 g/mol. The Morgan fingerprint density at radius 3 is 3.29 bits per heavy atom. The van der Waals surface area contributed by atoms with Crippen LogP contribution in [-0.4, -0.2) is 30.5 Å². The lowest BCUT2D eigenvalue weighted by Crippen LogP contribution is -2.27. The normalized spacial score (nSPS) is 18.0. The minimum Gasteiger partial charge on any atom is -0.472 e. The Bertz CT molecular complexity index is 574. The van der Waals surface area contributed by atoms with Crippen molar-refractivity contribution in [3.05, 3.63) is 29.7 Å². The van der Waals surface area contributed by atoms with Crippen molar-refractivity contribution >= 4 is 17.2 Å². The molecule has 0 radical (unpaired) electrons. The van der Waals surface area contributed by atoms with Gasteiger partial charge >= 0.3 is 0 Å². The van der Waals surface area contributed by atoms with Crippen LogP contribution in [0.15, 0.2) is 28.4 Å². The number of thiazole rings is 1. The highest BCUT2D eigenvalue weighted by Crippen LogP contribution is 2.24. The Morgan fingerprint density at radius 1 is 1.57 bits per heavy atom. The first-order valence-corrected chi connectivity index (χ1v) is 8.13. The Kier molecular flexibility index (Phi) is 4.67. The SMILES string of the molecule is O=C(Cc1csc(-c2ccoc2)n1)NCCC1CCNC1. The van der Waals surface area contributed by atoms with Gasteiger partial charge in [-0.3, -0.25) is 4.79 Å². The fraction of sp³-hybridized carbons (Fsp3) is 0.467. The smallest absolute Gasteiger partial charge is 0.226 e. The third kappa shape index (κ3) is 3.92. The van der Waals surface area contributed by atoms with E-state index in [1.54, 1.807) is 12.5 Å². The molecule has 112 valence electrons. The minimum atomic E-state index is 0.0463. The Morgan fingerprint density at radius 2 is 2.52 bits per heavy atom. The van der Waals surface area contributed by atoms with E-state index in [0.29, 0.717) is 12.3 Å². The summed E-state index contributed by atoms with van der Waals surface area (Å²) in [5, 5.41) is 9.14. The highest BCUT2D eigenvalue weighted by atomic mass is 32.1. The summed E-state index contributed by atoms with van der Waals surface area (Å²) in [6.07, 6.45) is 5.91. The molecule has 0 spiro atoms. The van der Waals surface area contributed by atoms with Gasteiger partial charge in [-0.2, -0.15) is 0 Å². The van der Waals surface area contributed by atoms with E-state index in [2.05, 4.69) is 15.6 Å². The second kappa shape index (κ2) is 6.87. The lowest BCUT2D eigenvalue weighted by Gasteiger charge is -2.08. The van der Waals surface area contributed by atoms with E-state index in [1.165, 1.54) is 17.8 Å². The molecule has 21 heavy (non-hydrogen) atoms. The molecule has 5 nitrogen and oxygen atoms in total. The Hall–Kier alpha value is -1.66. The molecular formula is C15H19N3O2S. The van der Waals surface area contributed by atoms with Gasteiger partial charge in [-0.25, -0.2) is 4.98 Å². The maximum Gasteiger partial charge on any atom is 0.226 e. The molecule has 0 saturated carbocycles. The topological polar surface area (TPSA) is 67.2 Å². The Labute approximate surface area is 127 Å². The van der Waals surface area contributed by atoms with Gasteiger partial charge < -0.3 is 15.1 Å². The Balaban J connectivity index is 1.44. The number of nitrogens with zero attached hydrogens (tertiary/aromatic N) is 1. The second-order valence-corrected chi connectivity index (χ2v) is 6.19. The summed E-state index contributed by atoms with van der Waals surface area (Å²) in [5.74, 6) is 0.752. The van der Waals surface area contributed by atoms with Gasteiger partial charge in [0.1, 0.15) is 11.3 Å². The number of hydrogen-bond acceptors (Lipinski definition) is 5. The van der Waals surface area contributed by atoms with Gasteiger partial charge in [0, 0.05) is 17.5 Å². The van der Waals surface area contributed by atoms with Crippen molar-refractivity contribution in [3.8, 4) is 10.6 Å². The molecule has 2 N–H and O–H groups in total. The molecule has 0 aliphatic carbocycles. The first-order valence-electron chi connectivity index (χ1n) is 7.25. The van der Waals surface area contributed by atoms with Gasteiger partial charge in [0.15, 0.2) is 0 Å². The molecule has 1 unspecified atom stereocenters. The molecule has 0 bridgehead atoms. The predicted molar refractivity (Wildman–Crippen MR) is 82.1 cm³/mol. The van der Waals surface area contributed by atoms with Crippen molar-refractivity contribution in [3.63, 3.8) is 0 Å². The van der Waals surface area contributed by atoms with Crippen molar-refractivity contribution in [2.24, 2.45) is 5.92 Å². The molecule has 1 amide bonds. The molecule has 1 saturated heterocycles. The van der Waals surface area contributed by atoms with Crippen molar-refractivity contribution in [2.45, 2.75) is 19.3 Å². The maximum absolute atomic E-state index is 11.9. The average molecular weight is 305 g/mol. The monoisotopic (exact) mass is 305 g/mol. The van der Waals surface area contributed by atoms with Crippen LogP contribution in [-0.2, 0) is 11.2 Å². The average Bonchev–Trinajstić information content (AvgIpc) is 3.21. The van der Waals surface area contributed by atoms with E-state index in [4.69, 9.17) is 4.42 Å². The van der Waals surface area contributed by atoms with Crippen molar-refractivity contribution < 1.29 is 9.21 Å². The van der Waals surface area contributed by atoms with E-state index in [0.717, 1.165) is 42.3 Å². The number of aromatic nitrogens is 1. The highest BCUT2D eigenvalue weighted by molar-refractivity contribution is 7.13. The van der Waals surface area contributed by atoms with Crippen LogP contribution in [0.4, 0.5) is 0 Å². The summed E-state index contributed by atoms with van der Waals surface area (Å²) >= 11 is 1.53. The van der Waals surface area contributed by atoms with Gasteiger partial charge in [0.2, 0.25) is 5.91 Å². The molecule has 1 aliphatic rings. The zero-order chi connectivity index (χ0) is 14.5. The van der Waals surface area contributed by atoms with Crippen LogP contribution in [0.25, 0.3) is 10.6 Å². The number of carbonyl (C=O) groups excluding carboxylic acids is 1. The zero-order valence-electron chi connectivity index (χ0n) is 11.8. The third-order valence-corrected chi connectivity index (χ3v) is 4.64. The molecule has 6 heteroatoms. The van der Waals surface area contributed by atoms with Gasteiger partial charge in [-0.15, -0.1) is 11.3 Å². The number of amides is 1. The first-order chi connectivity index (χ1) is 10.3. The molecule has 2 aromatic heterocycles. The number of carbonyl (C=O) groups is 1. The van der Waals surface area contributed by atoms with Crippen LogP contribution in [0.5, 0.6) is 0 Å². The van der Waals surface area contributed by atoms with Gasteiger partial charge in [-0.05, 0) is 37.9 Å². The highest BCUT2D eigenvalue weighted by Gasteiger charge is 2.14. The largest absolute Gasteiger partial charge is 0.472 e. The standard InChI is InChI=1S/C15H19N3O2S/c19-14(17-5-2-11-1-4-16-8-11)7-13-10-21-15(18-13)12-3-6-20-9-12/h3,6,9-11,16H,1-2,4-5,7-8H2,(H,17,19). The summed E-state index contributed by atoms with van der Waals surface area (Å²) in [4.78, 5) is 16.4. The van der Waals surface area contributed by atoms with Crippen LogP contribution in [0.2, 0.25) is 0 Å². The van der Waals surface area contributed by atoms with E-state index >= 15 is 0 Å². The molecule has 2 aromatic rings. The number of rotatable bonds is 6. The third-order valence-electron chi connectivity index (χ3n) is 3.70. The summed E-state index contributed by atoms with van der Waals surface area (Å²) < 4.78 is 5.04. The fourth-order valence-corrected chi connectivity index (χ4v) is 3.32. The van der Waals surface area contributed by atoms with Gasteiger partial charge in [-0.1, -0.05) is 0 Å². The van der Waals surface area contributed by atoms with E-state index in [9.17, 15) is 4.79 Å². The molecule has 0 aromatic carbocycles. The van der Waals surface area contributed by atoms with Crippen molar-refractivity contribution in [1.29, 1.82) is 0 Å². The van der Waals surface area contributed by atoms with Crippen LogP contribution < -0.4 is 10.6 Å². The predicted octanol–water partition coefficient (Wildman–Crippen LogP) is 2.06. The summed E-state index contributed by atoms with van der Waals surface area (Å²) in [5.41, 5.74) is 1.77. The van der Waals surface area contributed by atoms with E-state index < -0.39 is 0 Å². The van der Waals surface area contributed by atoms with E-state index in [-0.39, 0.29) is 5.91 Å². The molecule has 3 heterocycles. The van der Waals surface area contributed by atoms with Crippen LogP contribution in [0.1, 0.15) is 18.5 Å². The lowest BCUT2D eigenvalue weighted by atomic mass is 10.1. The van der Waals surface area contributed by atoms with Gasteiger partial charge in [0.05, 0.1) is 18.4 Å². The summed E-state index contributed by atoms with van der Waals surface area (Å²) in [7, 11) is 0. The van der Waals surface area contributed by atoms with Crippen LogP contribution in [0, 0.1) is 5.92 Å². The quantitative estimate of drug-likeness (QED) is 0.857. The second-order valence-electron chi connectivity index (χ2n) is 5.33. The van der Waals surface area contributed by atoms with Crippen LogP contribution in [0.3, 0.4) is 0 Å². The summed E-state index contributed by atoms with van der Waals surface area (Å²) in [6.45, 7) is 2.94. The van der Waals surface area contributed by atoms with Gasteiger partial charge in [0.25, 0.3) is 0 Å². The lowest BCUT2D eigenvalue weighted by molar-refractivity contribution is -0.120. The fourth-order valence-electron chi connectivity index (χ4n) is 2.51. The molecule has 3 rings (SSSR count). The maximum atomic E-state index is 11.9. The van der Waals surface area contributed by atoms with Crippen molar-refractivity contribution in [2.75, 3.05) is 19.6 Å². The minimum absolute atomic E-state index is 0.0463.